The molecule has 1 N–H and O–H groups in total. The van der Waals surface area contributed by atoms with Crippen LogP contribution in [-0.4, -0.2) is 24.9 Å². The van der Waals surface area contributed by atoms with Gasteiger partial charge in [-0.25, -0.2) is 0 Å². The summed E-state index contributed by atoms with van der Waals surface area (Å²) in [7, 11) is 3.26. The van der Waals surface area contributed by atoms with E-state index in [0.717, 1.165) is 24.8 Å². The Bertz CT molecular complexity index is 463. The van der Waals surface area contributed by atoms with Crippen LogP contribution in [0.1, 0.15) is 44.3 Å². The fourth-order valence-electron chi connectivity index (χ4n) is 3.24. The molecule has 0 heterocycles. The fourth-order valence-corrected chi connectivity index (χ4v) is 3.43. The first kappa shape index (κ1) is 15.6. The number of hydrogen-bond donors (Lipinski definition) is 1. The Hall–Kier alpha value is -0.770. The third-order valence-corrected chi connectivity index (χ3v) is 4.70. The maximum Gasteiger partial charge on any atom is 0.137 e. The highest BCUT2D eigenvalue weighted by Gasteiger charge is 2.42. The molecule has 2 rings (SSSR count). The summed E-state index contributed by atoms with van der Waals surface area (Å²) in [6, 6.07) is 5.40. The first-order valence-electron chi connectivity index (χ1n) is 7.09. The number of hydrogen-bond acceptors (Lipinski definition) is 3. The van der Waals surface area contributed by atoms with E-state index in [1.807, 2.05) is 6.07 Å². The van der Waals surface area contributed by atoms with Gasteiger partial charge >= 0.3 is 0 Å². The van der Waals surface area contributed by atoms with Gasteiger partial charge in [0.2, 0.25) is 0 Å². The van der Waals surface area contributed by atoms with Crippen LogP contribution in [0.15, 0.2) is 18.2 Å². The van der Waals surface area contributed by atoms with Crippen LogP contribution in [0.4, 0.5) is 0 Å². The van der Waals surface area contributed by atoms with E-state index in [0.29, 0.717) is 16.7 Å². The van der Waals surface area contributed by atoms with Crippen molar-refractivity contribution in [3.8, 4) is 5.75 Å². The Kier molecular flexibility index (Phi) is 4.95. The number of aliphatic hydroxyl groups excluding tert-OH is 1. The molecule has 0 radical (unpaired) electrons. The van der Waals surface area contributed by atoms with Gasteiger partial charge in [-0.3, -0.25) is 0 Å². The lowest BCUT2D eigenvalue weighted by Gasteiger charge is -2.42. The van der Waals surface area contributed by atoms with Crippen LogP contribution >= 0.6 is 11.6 Å². The first-order valence-corrected chi connectivity index (χ1v) is 7.47. The Balaban J connectivity index is 2.30. The molecule has 4 heteroatoms. The molecule has 1 aliphatic carbocycles. The molecule has 1 fully saturated rings. The summed E-state index contributed by atoms with van der Waals surface area (Å²) < 4.78 is 11.0. The quantitative estimate of drug-likeness (QED) is 0.914. The second-order valence-corrected chi connectivity index (χ2v) is 6.17. The van der Waals surface area contributed by atoms with Gasteiger partial charge in [-0.05, 0) is 36.5 Å². The van der Waals surface area contributed by atoms with Crippen molar-refractivity contribution >= 4 is 11.6 Å². The summed E-state index contributed by atoms with van der Waals surface area (Å²) in [6.07, 6.45) is 3.36. The summed E-state index contributed by atoms with van der Waals surface area (Å²) in [5.41, 5.74) is 0.290. The number of rotatable bonds is 4. The molecule has 3 atom stereocenters. The fraction of sp³-hybridized carbons (Fsp3) is 0.625. The topological polar surface area (TPSA) is 38.7 Å². The van der Waals surface area contributed by atoms with E-state index in [1.165, 1.54) is 6.42 Å². The van der Waals surface area contributed by atoms with Crippen LogP contribution in [0.5, 0.6) is 5.75 Å². The number of halogens is 1. The van der Waals surface area contributed by atoms with E-state index in [4.69, 9.17) is 21.1 Å². The molecule has 0 bridgehead atoms. The highest BCUT2D eigenvalue weighted by Crippen LogP contribution is 2.44. The predicted molar refractivity (Wildman–Crippen MR) is 80.3 cm³/mol. The summed E-state index contributed by atoms with van der Waals surface area (Å²) in [5.74, 6) is 1.14. The largest absolute Gasteiger partial charge is 0.495 e. The van der Waals surface area contributed by atoms with Gasteiger partial charge in [-0.1, -0.05) is 37.4 Å². The van der Waals surface area contributed by atoms with Crippen molar-refractivity contribution < 1.29 is 14.6 Å². The molecule has 1 saturated carbocycles. The maximum atomic E-state index is 10.8. The molecule has 1 aromatic carbocycles. The SMILES string of the molecule is COc1cc(C(O)C2(OC)CCCC(C)C2)ccc1Cl. The smallest absolute Gasteiger partial charge is 0.137 e. The molecule has 20 heavy (non-hydrogen) atoms. The van der Waals surface area contributed by atoms with Crippen molar-refractivity contribution in [1.29, 1.82) is 0 Å². The van der Waals surface area contributed by atoms with Gasteiger partial charge in [0.1, 0.15) is 11.9 Å². The van der Waals surface area contributed by atoms with Gasteiger partial charge in [0.15, 0.2) is 0 Å². The molecule has 112 valence electrons. The van der Waals surface area contributed by atoms with E-state index < -0.39 is 11.7 Å². The van der Waals surface area contributed by atoms with Crippen molar-refractivity contribution in [2.24, 2.45) is 5.92 Å². The van der Waals surface area contributed by atoms with Crippen molar-refractivity contribution in [2.45, 2.75) is 44.3 Å². The molecule has 0 saturated heterocycles. The maximum absolute atomic E-state index is 10.8. The van der Waals surface area contributed by atoms with Crippen LogP contribution in [-0.2, 0) is 4.74 Å². The standard InChI is InChI=1S/C16H23ClO3/c1-11-5-4-8-16(10-11,20-3)15(18)12-6-7-13(17)14(9-12)19-2/h6-7,9,11,15,18H,4-5,8,10H2,1-3H3. The number of methoxy groups -OCH3 is 2. The van der Waals surface area contributed by atoms with Gasteiger partial charge in [0.25, 0.3) is 0 Å². The summed E-state index contributed by atoms with van der Waals surface area (Å²) in [6.45, 7) is 2.21. The molecule has 3 nitrogen and oxygen atoms in total. The zero-order chi connectivity index (χ0) is 14.8. The van der Waals surface area contributed by atoms with E-state index in [1.54, 1.807) is 26.4 Å². The Labute approximate surface area is 125 Å². The van der Waals surface area contributed by atoms with Gasteiger partial charge in [0, 0.05) is 7.11 Å². The van der Waals surface area contributed by atoms with Crippen LogP contribution < -0.4 is 4.74 Å². The molecule has 0 spiro atoms. The third kappa shape index (κ3) is 2.95. The summed E-state index contributed by atoms with van der Waals surface area (Å²) >= 11 is 6.04. The number of ether oxygens (including phenoxy) is 2. The second-order valence-electron chi connectivity index (χ2n) is 5.77. The molecule has 0 aromatic heterocycles. The Morgan fingerprint density at radius 2 is 2.15 bits per heavy atom. The van der Waals surface area contributed by atoms with Crippen molar-refractivity contribution in [2.75, 3.05) is 14.2 Å². The second kappa shape index (κ2) is 6.33. The average molecular weight is 299 g/mol. The van der Waals surface area contributed by atoms with E-state index in [9.17, 15) is 5.11 Å². The molecule has 1 aliphatic rings. The minimum absolute atomic E-state index is 0.503. The molecular formula is C16H23ClO3. The zero-order valence-corrected chi connectivity index (χ0v) is 13.1. The normalized spacial score (nSPS) is 28.1. The highest BCUT2D eigenvalue weighted by atomic mass is 35.5. The van der Waals surface area contributed by atoms with Crippen LogP contribution in [0.3, 0.4) is 0 Å². The summed E-state index contributed by atoms with van der Waals surface area (Å²) in [5, 5.41) is 11.3. The van der Waals surface area contributed by atoms with Gasteiger partial charge in [-0.2, -0.15) is 0 Å². The number of benzene rings is 1. The third-order valence-electron chi connectivity index (χ3n) is 4.39. The predicted octanol–water partition coefficient (Wildman–Crippen LogP) is 3.98. The minimum atomic E-state index is -0.665. The molecule has 3 unspecified atom stereocenters. The molecule has 0 amide bonds. The Morgan fingerprint density at radius 3 is 2.75 bits per heavy atom. The van der Waals surface area contributed by atoms with E-state index >= 15 is 0 Å². The zero-order valence-electron chi connectivity index (χ0n) is 12.4. The lowest BCUT2D eigenvalue weighted by atomic mass is 9.74. The van der Waals surface area contributed by atoms with Crippen molar-refractivity contribution in [1.82, 2.24) is 0 Å². The molecular weight excluding hydrogens is 276 g/mol. The van der Waals surface area contributed by atoms with Gasteiger partial charge in [0.05, 0.1) is 17.7 Å². The van der Waals surface area contributed by atoms with Crippen LogP contribution in [0, 0.1) is 5.92 Å². The van der Waals surface area contributed by atoms with Crippen molar-refractivity contribution in [3.63, 3.8) is 0 Å². The van der Waals surface area contributed by atoms with Gasteiger partial charge < -0.3 is 14.6 Å². The highest BCUT2D eigenvalue weighted by molar-refractivity contribution is 6.32. The van der Waals surface area contributed by atoms with Crippen LogP contribution in [0.25, 0.3) is 0 Å². The van der Waals surface area contributed by atoms with Crippen LogP contribution in [0.2, 0.25) is 5.02 Å². The monoisotopic (exact) mass is 298 g/mol. The molecule has 1 aromatic rings. The minimum Gasteiger partial charge on any atom is -0.495 e. The average Bonchev–Trinajstić information content (AvgIpc) is 2.47. The van der Waals surface area contributed by atoms with E-state index in [-0.39, 0.29) is 0 Å². The number of aliphatic hydroxyl groups is 1. The molecule has 0 aliphatic heterocycles. The van der Waals surface area contributed by atoms with Gasteiger partial charge in [-0.15, -0.1) is 0 Å². The van der Waals surface area contributed by atoms with Crippen molar-refractivity contribution in [3.05, 3.63) is 28.8 Å². The lowest BCUT2D eigenvalue weighted by Crippen LogP contribution is -2.42. The summed E-state index contributed by atoms with van der Waals surface area (Å²) in [4.78, 5) is 0. The Morgan fingerprint density at radius 1 is 1.40 bits per heavy atom. The lowest BCUT2D eigenvalue weighted by molar-refractivity contribution is -0.134. The first-order chi connectivity index (χ1) is 9.52. The van der Waals surface area contributed by atoms with E-state index in [2.05, 4.69) is 6.92 Å².